The number of carbonyl (C=O) groups excluding carboxylic acids is 2. The number of aliphatic imine (C=N–C) groups is 1. The molecule has 3 heterocycles. The van der Waals surface area contributed by atoms with Crippen molar-refractivity contribution in [2.45, 2.75) is 65.5 Å². The van der Waals surface area contributed by atoms with E-state index >= 15 is 4.39 Å². The molecule has 0 radical (unpaired) electrons. The van der Waals surface area contributed by atoms with Gasteiger partial charge in [-0.2, -0.15) is 0 Å². The quantitative estimate of drug-likeness (QED) is 0.0431. The van der Waals surface area contributed by atoms with Crippen LogP contribution in [0, 0.1) is 11.7 Å². The number of nitrogens with one attached hydrogen (secondary N) is 2. The Balaban J connectivity index is 1.01. The van der Waals surface area contributed by atoms with Gasteiger partial charge in [-0.3, -0.25) is 9.79 Å². The molecule has 19 heteroatoms. The van der Waals surface area contributed by atoms with E-state index in [9.17, 15) is 24.3 Å². The SMILES string of the molecule is CCn1cc(C(=O)O)c(=O)c2cc(F)c(N3CCN(C(=O)OCc4ccc(NC[C@@H](CCCN=C(N)N)n5cc([C@@H](NC(=O)OCc6ccccc6)C(C)C)nn5)cc4)CC3)cc21. The summed E-state index contributed by atoms with van der Waals surface area (Å²) in [5.74, 6) is -2.00. The molecule has 63 heavy (non-hydrogen) atoms. The molecule has 5 aromatic rings. The molecular formula is C44H54FN11O7. The highest BCUT2D eigenvalue weighted by molar-refractivity contribution is 5.93. The molecule has 1 saturated heterocycles. The van der Waals surface area contributed by atoms with Crippen LogP contribution in [0.25, 0.3) is 10.9 Å². The summed E-state index contributed by atoms with van der Waals surface area (Å²) < 4.78 is 29.8. The molecule has 6 rings (SSSR count). The fourth-order valence-electron chi connectivity index (χ4n) is 7.32. The summed E-state index contributed by atoms with van der Waals surface area (Å²) >= 11 is 0. The first-order valence-corrected chi connectivity index (χ1v) is 20.8. The summed E-state index contributed by atoms with van der Waals surface area (Å²) in [5.41, 5.74) is 13.7. The number of nitrogens with zero attached hydrogens (tertiary/aromatic N) is 7. The Kier molecular flexibility index (Phi) is 15.2. The third-order valence-electron chi connectivity index (χ3n) is 10.8. The number of hydrogen-bond acceptors (Lipinski definition) is 11. The average Bonchev–Trinajstić information content (AvgIpc) is 3.77. The van der Waals surface area contributed by atoms with Gasteiger partial charge in [-0.25, -0.2) is 23.5 Å². The first-order valence-electron chi connectivity index (χ1n) is 20.8. The number of ether oxygens (including phenoxy) is 2. The van der Waals surface area contributed by atoms with Crippen molar-refractivity contribution in [2.75, 3.05) is 49.5 Å². The van der Waals surface area contributed by atoms with Crippen LogP contribution in [-0.4, -0.2) is 93.0 Å². The van der Waals surface area contributed by atoms with Crippen LogP contribution < -0.4 is 32.4 Å². The van der Waals surface area contributed by atoms with Crippen LogP contribution in [0.5, 0.6) is 0 Å². The van der Waals surface area contributed by atoms with Crippen LogP contribution in [0.15, 0.2) is 88.9 Å². The number of pyridine rings is 1. The van der Waals surface area contributed by atoms with Crippen LogP contribution >= 0.6 is 0 Å². The largest absolute Gasteiger partial charge is 0.477 e. The standard InChI is InChI=1S/C44H54FN11O7/c1-4-53-24-34(41(58)59)40(57)33-21-35(45)38(22-37(33)53)54-17-19-55(20-18-54)44(61)63-27-30-12-14-31(15-13-30)49-23-32(11-8-16-48-42(46)47)56-25-36(51-52-56)39(28(2)3)50-43(60)62-26-29-9-6-5-7-10-29/h5-7,9-10,12-15,21-22,24-25,28,32,39,49H,4,8,11,16-20,23,26-27H2,1-3H3,(H,50,60)(H,58,59)(H4,46,47,48)/t32-,39+/m1/s1. The summed E-state index contributed by atoms with van der Waals surface area (Å²) in [6.07, 6.45) is 3.41. The van der Waals surface area contributed by atoms with E-state index in [0.29, 0.717) is 56.8 Å². The van der Waals surface area contributed by atoms with E-state index < -0.39 is 41.0 Å². The molecule has 1 fully saturated rings. The van der Waals surface area contributed by atoms with Gasteiger partial charge in [0, 0.05) is 63.1 Å². The Bertz CT molecular complexity index is 2450. The highest BCUT2D eigenvalue weighted by atomic mass is 19.1. The van der Waals surface area contributed by atoms with Crippen molar-refractivity contribution in [2.24, 2.45) is 22.4 Å². The lowest BCUT2D eigenvalue weighted by Gasteiger charge is -2.35. The summed E-state index contributed by atoms with van der Waals surface area (Å²) in [6, 6.07) is 19.0. The molecule has 0 spiro atoms. The van der Waals surface area contributed by atoms with Crippen LogP contribution in [0.2, 0.25) is 0 Å². The van der Waals surface area contributed by atoms with Crippen molar-refractivity contribution in [3.63, 3.8) is 0 Å². The van der Waals surface area contributed by atoms with Crippen LogP contribution in [-0.2, 0) is 29.2 Å². The van der Waals surface area contributed by atoms with Gasteiger partial charge in [-0.1, -0.05) is 61.5 Å². The van der Waals surface area contributed by atoms with E-state index in [1.807, 2.05) is 81.6 Å². The van der Waals surface area contributed by atoms with Crippen LogP contribution in [0.1, 0.15) is 72.9 Å². The number of piperazine rings is 1. The second kappa shape index (κ2) is 21.1. The van der Waals surface area contributed by atoms with Crippen LogP contribution in [0.3, 0.4) is 0 Å². The first-order chi connectivity index (χ1) is 30.3. The maximum absolute atomic E-state index is 15.4. The van der Waals surface area contributed by atoms with E-state index in [1.165, 1.54) is 6.20 Å². The Morgan fingerprint density at radius 3 is 2.32 bits per heavy atom. The van der Waals surface area contributed by atoms with Gasteiger partial charge in [-0.05, 0) is 61.1 Å². The zero-order valence-corrected chi connectivity index (χ0v) is 35.6. The monoisotopic (exact) mass is 867 g/mol. The lowest BCUT2D eigenvalue weighted by atomic mass is 10.0. The number of guanidine groups is 1. The molecule has 2 atom stereocenters. The maximum Gasteiger partial charge on any atom is 0.410 e. The average molecular weight is 868 g/mol. The number of hydrogen-bond donors (Lipinski definition) is 5. The molecule has 3 aromatic carbocycles. The number of halogens is 1. The van der Waals surface area contributed by atoms with Gasteiger partial charge in [-0.15, -0.1) is 5.10 Å². The van der Waals surface area contributed by atoms with Gasteiger partial charge in [0.15, 0.2) is 5.96 Å². The minimum Gasteiger partial charge on any atom is -0.477 e. The van der Waals surface area contributed by atoms with E-state index in [0.717, 1.165) is 22.9 Å². The molecule has 2 aromatic heterocycles. The minimum atomic E-state index is -1.37. The fourth-order valence-corrected chi connectivity index (χ4v) is 7.32. The second-order valence-corrected chi connectivity index (χ2v) is 15.5. The van der Waals surface area contributed by atoms with Gasteiger partial charge in [0.1, 0.15) is 30.3 Å². The fraction of sp³-hybridized carbons (Fsp3) is 0.386. The minimum absolute atomic E-state index is 0.00281. The van der Waals surface area contributed by atoms with Crippen molar-refractivity contribution in [3.8, 4) is 0 Å². The number of anilines is 2. The summed E-state index contributed by atoms with van der Waals surface area (Å²) in [5, 5.41) is 24.7. The summed E-state index contributed by atoms with van der Waals surface area (Å²) in [6.45, 7) is 8.49. The van der Waals surface area contributed by atoms with Gasteiger partial charge in [0.05, 0.1) is 29.5 Å². The predicted octanol–water partition coefficient (Wildman–Crippen LogP) is 5.24. The number of fused-ring (bicyclic) bond motifs is 1. The molecule has 18 nitrogen and oxygen atoms in total. The molecule has 1 aliphatic heterocycles. The lowest BCUT2D eigenvalue weighted by molar-refractivity contribution is 0.0694. The number of carbonyl (C=O) groups is 3. The number of rotatable bonds is 18. The number of aromatic nitrogens is 4. The third kappa shape index (κ3) is 11.8. The van der Waals surface area contributed by atoms with Crippen molar-refractivity contribution >= 4 is 46.4 Å². The number of amides is 2. The Morgan fingerprint density at radius 2 is 1.65 bits per heavy atom. The number of carboxylic acids is 1. The summed E-state index contributed by atoms with van der Waals surface area (Å²) in [7, 11) is 0. The molecule has 334 valence electrons. The lowest BCUT2D eigenvalue weighted by Crippen LogP contribution is -2.49. The highest BCUT2D eigenvalue weighted by Crippen LogP contribution is 2.27. The number of aromatic carboxylic acids is 1. The number of benzene rings is 3. The van der Waals surface area contributed by atoms with Crippen molar-refractivity contribution in [1.29, 1.82) is 0 Å². The van der Waals surface area contributed by atoms with Crippen molar-refractivity contribution < 1.29 is 33.4 Å². The maximum atomic E-state index is 15.4. The van der Waals surface area contributed by atoms with E-state index in [-0.39, 0.29) is 55.3 Å². The Morgan fingerprint density at radius 1 is 0.952 bits per heavy atom. The second-order valence-electron chi connectivity index (χ2n) is 15.5. The number of alkyl carbamates (subject to hydrolysis) is 1. The highest BCUT2D eigenvalue weighted by Gasteiger charge is 2.27. The number of carboxylic acid groups (broad SMARTS) is 1. The van der Waals surface area contributed by atoms with Crippen LogP contribution in [0.4, 0.5) is 25.4 Å². The molecular weight excluding hydrogens is 814 g/mol. The van der Waals surface area contributed by atoms with Gasteiger partial charge in [0.25, 0.3) is 0 Å². The Labute approximate surface area is 363 Å². The zero-order valence-electron chi connectivity index (χ0n) is 35.6. The molecule has 0 aliphatic carbocycles. The smallest absolute Gasteiger partial charge is 0.410 e. The Hall–Kier alpha value is -7.18. The molecule has 0 saturated carbocycles. The van der Waals surface area contributed by atoms with E-state index in [4.69, 9.17) is 20.9 Å². The van der Waals surface area contributed by atoms with Crippen molar-refractivity contribution in [3.05, 3.63) is 118 Å². The normalized spacial score (nSPS) is 13.7. The number of nitrogens with two attached hydrogens (primary N) is 2. The van der Waals surface area contributed by atoms with Gasteiger partial charge in [0.2, 0.25) is 5.43 Å². The molecule has 1 aliphatic rings. The summed E-state index contributed by atoms with van der Waals surface area (Å²) in [4.78, 5) is 57.6. The predicted molar refractivity (Wildman–Crippen MR) is 236 cm³/mol. The van der Waals surface area contributed by atoms with E-state index in [1.54, 1.807) is 25.1 Å². The molecule has 2 amide bonds. The third-order valence-corrected chi connectivity index (χ3v) is 10.8. The van der Waals surface area contributed by atoms with Gasteiger partial charge >= 0.3 is 18.2 Å². The molecule has 0 bridgehead atoms. The first kappa shape index (κ1) is 45.3. The van der Waals surface area contributed by atoms with Gasteiger partial charge < -0.3 is 51.0 Å². The van der Waals surface area contributed by atoms with E-state index in [2.05, 4.69) is 25.9 Å². The zero-order chi connectivity index (χ0) is 45.0. The number of aryl methyl sites for hydroxylation is 1. The molecule has 7 N–H and O–H groups in total. The molecule has 0 unspecified atom stereocenters. The van der Waals surface area contributed by atoms with Crippen molar-refractivity contribution in [1.82, 2.24) is 29.8 Å². The topological polar surface area (TPSA) is 238 Å².